The molecule has 0 unspecified atom stereocenters. The summed E-state index contributed by atoms with van der Waals surface area (Å²) in [5.74, 6) is 1.92. The standard InChI is InChI=1S/C49H30N6/c1-3-12-32(13-4-1)47-52-48(33-14-5-2-6-15-33)54-49(53-47)35-17-11-16-34(28-35)31-22-24-36(25-23-31)55-43-21-10-9-19-38(43)41-29-40-37-18-7-8-20-39(37)45-46(51-27-26-50-45)42(40)30-44(41)55/h1-30H. The van der Waals surface area contributed by atoms with Gasteiger partial charge >= 0.3 is 0 Å². The second kappa shape index (κ2) is 12.5. The first-order valence-electron chi connectivity index (χ1n) is 18.3. The lowest BCUT2D eigenvalue weighted by Crippen LogP contribution is -2.00. The van der Waals surface area contributed by atoms with Crippen LogP contribution in [0.3, 0.4) is 0 Å². The van der Waals surface area contributed by atoms with E-state index in [9.17, 15) is 0 Å². The Kier molecular flexibility index (Phi) is 7.07. The smallest absolute Gasteiger partial charge is 0.164 e. The summed E-state index contributed by atoms with van der Waals surface area (Å²) in [6, 6.07) is 59.2. The van der Waals surface area contributed by atoms with Gasteiger partial charge < -0.3 is 4.57 Å². The molecular weight excluding hydrogens is 673 g/mol. The van der Waals surface area contributed by atoms with E-state index in [1.54, 1.807) is 12.4 Å². The van der Waals surface area contributed by atoms with Crippen LogP contribution in [0.4, 0.5) is 0 Å². The number of para-hydroxylation sites is 1. The molecule has 11 aromatic rings. The average Bonchev–Trinajstić information content (AvgIpc) is 3.60. The van der Waals surface area contributed by atoms with Crippen molar-refractivity contribution in [3.8, 4) is 51.0 Å². The number of hydrogen-bond donors (Lipinski definition) is 0. The van der Waals surface area contributed by atoms with Gasteiger partial charge in [0, 0.05) is 56.3 Å². The SMILES string of the molecule is c1ccc(-c2nc(-c3ccccc3)nc(-c3cccc(-c4ccc(-n5c6ccccc6c6cc7c8ccccc8c8nccnc8c7cc65)cc4)c3)n2)cc1. The molecule has 0 amide bonds. The molecule has 6 nitrogen and oxygen atoms in total. The predicted octanol–water partition coefficient (Wildman–Crippen LogP) is 11.9. The zero-order valence-corrected chi connectivity index (χ0v) is 29.5. The maximum absolute atomic E-state index is 4.96. The van der Waals surface area contributed by atoms with E-state index in [0.717, 1.165) is 66.3 Å². The van der Waals surface area contributed by atoms with Crippen molar-refractivity contribution in [2.24, 2.45) is 0 Å². The Morgan fingerprint density at radius 2 is 0.855 bits per heavy atom. The van der Waals surface area contributed by atoms with Gasteiger partial charge in [-0.05, 0) is 58.3 Å². The molecule has 0 N–H and O–H groups in total. The molecule has 0 atom stereocenters. The Morgan fingerprint density at radius 1 is 0.309 bits per heavy atom. The van der Waals surface area contributed by atoms with Gasteiger partial charge in [0.25, 0.3) is 0 Å². The summed E-state index contributed by atoms with van der Waals surface area (Å²) < 4.78 is 2.36. The summed E-state index contributed by atoms with van der Waals surface area (Å²) in [5, 5.41) is 6.98. The molecule has 0 aliphatic heterocycles. The van der Waals surface area contributed by atoms with Crippen LogP contribution in [0.5, 0.6) is 0 Å². The van der Waals surface area contributed by atoms with E-state index in [4.69, 9.17) is 24.9 Å². The largest absolute Gasteiger partial charge is 0.309 e. The summed E-state index contributed by atoms with van der Waals surface area (Å²) in [5.41, 5.74) is 10.2. The molecule has 0 fully saturated rings. The van der Waals surface area contributed by atoms with Gasteiger partial charge in [0.15, 0.2) is 17.5 Å². The lowest BCUT2D eigenvalue weighted by molar-refractivity contribution is 1.07. The fourth-order valence-corrected chi connectivity index (χ4v) is 7.95. The van der Waals surface area contributed by atoms with E-state index in [-0.39, 0.29) is 0 Å². The molecular formula is C49H30N6. The highest BCUT2D eigenvalue weighted by molar-refractivity contribution is 6.27. The zero-order valence-electron chi connectivity index (χ0n) is 29.5. The van der Waals surface area contributed by atoms with Crippen molar-refractivity contribution in [1.82, 2.24) is 29.5 Å². The van der Waals surface area contributed by atoms with Gasteiger partial charge in [0.1, 0.15) is 0 Å². The normalized spacial score (nSPS) is 11.6. The topological polar surface area (TPSA) is 69.4 Å². The number of hydrogen-bond acceptors (Lipinski definition) is 5. The molecule has 0 aliphatic rings. The molecule has 8 aromatic carbocycles. The van der Waals surface area contributed by atoms with Crippen molar-refractivity contribution in [2.45, 2.75) is 0 Å². The highest BCUT2D eigenvalue weighted by Gasteiger charge is 2.18. The number of rotatable bonds is 5. The van der Waals surface area contributed by atoms with Crippen molar-refractivity contribution in [2.75, 3.05) is 0 Å². The van der Waals surface area contributed by atoms with Crippen LogP contribution in [0.15, 0.2) is 182 Å². The summed E-state index contributed by atoms with van der Waals surface area (Å²) in [6.45, 7) is 0. The molecule has 55 heavy (non-hydrogen) atoms. The van der Waals surface area contributed by atoms with E-state index in [2.05, 4.69) is 114 Å². The van der Waals surface area contributed by atoms with E-state index < -0.39 is 0 Å². The highest BCUT2D eigenvalue weighted by Crippen LogP contribution is 2.40. The van der Waals surface area contributed by atoms with Crippen LogP contribution in [0.2, 0.25) is 0 Å². The van der Waals surface area contributed by atoms with Crippen molar-refractivity contribution < 1.29 is 0 Å². The molecule has 0 saturated carbocycles. The Hall–Kier alpha value is -7.57. The van der Waals surface area contributed by atoms with E-state index >= 15 is 0 Å². The van der Waals surface area contributed by atoms with E-state index in [1.165, 1.54) is 21.5 Å². The Morgan fingerprint density at radius 3 is 1.55 bits per heavy atom. The lowest BCUT2D eigenvalue weighted by Gasteiger charge is -2.12. The summed E-state index contributed by atoms with van der Waals surface area (Å²) >= 11 is 0. The fourth-order valence-electron chi connectivity index (χ4n) is 7.95. The molecule has 0 aliphatic carbocycles. The maximum Gasteiger partial charge on any atom is 0.164 e. The van der Waals surface area contributed by atoms with Gasteiger partial charge in [0.05, 0.1) is 22.1 Å². The zero-order chi connectivity index (χ0) is 36.3. The van der Waals surface area contributed by atoms with Crippen LogP contribution < -0.4 is 0 Å². The molecule has 11 rings (SSSR count). The van der Waals surface area contributed by atoms with Crippen molar-refractivity contribution >= 4 is 54.4 Å². The predicted molar refractivity (Wildman–Crippen MR) is 224 cm³/mol. The summed E-state index contributed by atoms with van der Waals surface area (Å²) in [6.07, 6.45) is 3.57. The lowest BCUT2D eigenvalue weighted by atomic mass is 9.97. The molecule has 3 heterocycles. The van der Waals surface area contributed by atoms with Crippen molar-refractivity contribution in [1.29, 1.82) is 0 Å². The second-order valence-electron chi connectivity index (χ2n) is 13.7. The minimum atomic E-state index is 0.633. The van der Waals surface area contributed by atoms with E-state index in [0.29, 0.717) is 17.5 Å². The van der Waals surface area contributed by atoms with Crippen LogP contribution in [0, 0.1) is 0 Å². The summed E-state index contributed by atoms with van der Waals surface area (Å²) in [4.78, 5) is 24.4. The number of benzene rings is 8. The first-order chi connectivity index (χ1) is 27.3. The van der Waals surface area contributed by atoms with Crippen LogP contribution in [0.1, 0.15) is 0 Å². The first-order valence-corrected chi connectivity index (χ1v) is 18.3. The summed E-state index contributed by atoms with van der Waals surface area (Å²) in [7, 11) is 0. The number of nitrogens with zero attached hydrogens (tertiary/aromatic N) is 6. The van der Waals surface area contributed by atoms with Crippen LogP contribution in [-0.2, 0) is 0 Å². The quantitative estimate of drug-likeness (QED) is 0.167. The van der Waals surface area contributed by atoms with Gasteiger partial charge in [-0.3, -0.25) is 9.97 Å². The molecule has 3 aromatic heterocycles. The maximum atomic E-state index is 4.96. The number of fused-ring (bicyclic) bond motifs is 9. The Balaban J connectivity index is 1.04. The number of aromatic nitrogens is 6. The first kappa shape index (κ1) is 31.0. The monoisotopic (exact) mass is 702 g/mol. The van der Waals surface area contributed by atoms with Crippen molar-refractivity contribution in [3.63, 3.8) is 0 Å². The highest BCUT2D eigenvalue weighted by atomic mass is 15.0. The van der Waals surface area contributed by atoms with Gasteiger partial charge in [-0.15, -0.1) is 0 Å². The molecule has 0 saturated heterocycles. The third-order valence-electron chi connectivity index (χ3n) is 10.5. The Bertz CT molecular complexity index is 3190. The molecule has 0 radical (unpaired) electrons. The van der Waals surface area contributed by atoms with Crippen LogP contribution in [0.25, 0.3) is 105 Å². The third kappa shape index (κ3) is 5.15. The van der Waals surface area contributed by atoms with Gasteiger partial charge in [-0.25, -0.2) is 15.0 Å². The van der Waals surface area contributed by atoms with E-state index in [1.807, 2.05) is 60.7 Å². The molecule has 0 spiro atoms. The molecule has 6 heteroatoms. The fraction of sp³-hybridized carbons (Fsp3) is 0. The second-order valence-corrected chi connectivity index (χ2v) is 13.7. The van der Waals surface area contributed by atoms with Crippen LogP contribution in [-0.4, -0.2) is 29.5 Å². The molecule has 256 valence electrons. The van der Waals surface area contributed by atoms with Crippen LogP contribution >= 0.6 is 0 Å². The minimum absolute atomic E-state index is 0.633. The van der Waals surface area contributed by atoms with Gasteiger partial charge in [-0.2, -0.15) is 0 Å². The Labute approximate surface area is 316 Å². The van der Waals surface area contributed by atoms with Gasteiger partial charge in [-0.1, -0.05) is 133 Å². The third-order valence-corrected chi connectivity index (χ3v) is 10.5. The van der Waals surface area contributed by atoms with Gasteiger partial charge in [0.2, 0.25) is 0 Å². The van der Waals surface area contributed by atoms with Crippen molar-refractivity contribution in [3.05, 3.63) is 182 Å². The minimum Gasteiger partial charge on any atom is -0.309 e. The average molecular weight is 703 g/mol. The molecule has 0 bridgehead atoms.